The van der Waals surface area contributed by atoms with Crippen LogP contribution in [0.5, 0.6) is 0 Å². The van der Waals surface area contributed by atoms with Crippen molar-refractivity contribution >= 4 is 17.7 Å². The summed E-state index contributed by atoms with van der Waals surface area (Å²) in [5.74, 6) is 1.48. The van der Waals surface area contributed by atoms with Crippen LogP contribution < -0.4 is 0 Å². The largest absolute Gasteiger partial charge is 0.481 e. The van der Waals surface area contributed by atoms with Gasteiger partial charge in [-0.3, -0.25) is 4.79 Å². The summed E-state index contributed by atoms with van der Waals surface area (Å²) in [6, 6.07) is 0. The number of fused-ring (bicyclic) bond motifs is 2. The van der Waals surface area contributed by atoms with E-state index in [1.165, 1.54) is 31.0 Å². The summed E-state index contributed by atoms with van der Waals surface area (Å²) in [5.41, 5.74) is 0. The summed E-state index contributed by atoms with van der Waals surface area (Å²) in [6.45, 7) is 0. The van der Waals surface area contributed by atoms with Crippen LogP contribution in [0, 0.1) is 17.8 Å². The average molecular weight is 381 g/mol. The maximum absolute atomic E-state index is 10.5. The number of rotatable bonds is 9. The van der Waals surface area contributed by atoms with Gasteiger partial charge in [0.15, 0.2) is 0 Å². The maximum Gasteiger partial charge on any atom is 0.313 e. The number of carboxylic acid groups (broad SMARTS) is 1. The summed E-state index contributed by atoms with van der Waals surface area (Å²) in [6.07, 6.45) is 18.3. The first kappa shape index (κ1) is 20.0. The highest BCUT2D eigenvalue weighted by molar-refractivity contribution is 8.00. The third-order valence-corrected chi connectivity index (χ3v) is 7.04. The molecule has 2 aliphatic heterocycles. The molecule has 0 spiro atoms. The van der Waals surface area contributed by atoms with Crippen molar-refractivity contribution < 1.29 is 19.7 Å². The van der Waals surface area contributed by atoms with E-state index in [4.69, 9.17) is 9.84 Å². The number of carbonyl (C=O) groups is 1. The molecule has 0 radical (unpaired) electrons. The van der Waals surface area contributed by atoms with Gasteiger partial charge in [0.1, 0.15) is 0 Å². The second kappa shape index (κ2) is 9.95. The zero-order chi connectivity index (χ0) is 18.4. The van der Waals surface area contributed by atoms with Crippen molar-refractivity contribution in [2.24, 2.45) is 17.8 Å². The fourth-order valence-electron chi connectivity index (χ4n) is 4.80. The highest BCUT2D eigenvalue weighted by Crippen LogP contribution is 2.46. The molecule has 3 fully saturated rings. The van der Waals surface area contributed by atoms with Crippen molar-refractivity contribution in [2.45, 2.75) is 69.7 Å². The number of aliphatic hydroxyl groups excluding tert-OH is 1. The van der Waals surface area contributed by atoms with E-state index >= 15 is 0 Å². The Bertz CT molecular complexity index is 512. The van der Waals surface area contributed by atoms with Gasteiger partial charge in [-0.1, -0.05) is 43.6 Å². The van der Waals surface area contributed by atoms with E-state index in [0.717, 1.165) is 37.9 Å². The van der Waals surface area contributed by atoms with E-state index in [1.807, 2.05) is 6.08 Å². The molecule has 2 N–H and O–H groups in total. The van der Waals surface area contributed by atoms with Gasteiger partial charge in [-0.05, 0) is 43.9 Å². The van der Waals surface area contributed by atoms with Crippen molar-refractivity contribution in [3.05, 3.63) is 24.3 Å². The number of aliphatic hydroxyl groups is 1. The Morgan fingerprint density at radius 3 is 2.65 bits per heavy atom. The molecule has 0 aromatic rings. The van der Waals surface area contributed by atoms with Crippen molar-refractivity contribution in [3.8, 4) is 0 Å². The first-order valence-corrected chi connectivity index (χ1v) is 11.3. The molecule has 0 amide bonds. The molecule has 1 aliphatic carbocycles. The fourth-order valence-corrected chi connectivity index (χ4v) is 5.36. The van der Waals surface area contributed by atoms with Crippen molar-refractivity contribution in [3.63, 3.8) is 0 Å². The van der Waals surface area contributed by atoms with Crippen molar-refractivity contribution in [1.82, 2.24) is 0 Å². The molecule has 2 heterocycles. The molecule has 2 bridgehead atoms. The van der Waals surface area contributed by atoms with E-state index < -0.39 is 5.97 Å². The molecular formula is C21H32O4S. The highest BCUT2D eigenvalue weighted by atomic mass is 32.2. The van der Waals surface area contributed by atoms with Gasteiger partial charge in [0, 0.05) is 11.7 Å². The lowest BCUT2D eigenvalue weighted by Gasteiger charge is -2.27. The molecule has 3 aliphatic rings. The molecule has 0 aromatic heterocycles. The van der Waals surface area contributed by atoms with Gasteiger partial charge in [-0.25, -0.2) is 0 Å². The Morgan fingerprint density at radius 1 is 1.12 bits per heavy atom. The standard InChI is InChI=1S/C21H32O4S/c22-18(15-6-2-1-3-7-15)10-9-17-16(19-11-12-20(17)25-19)8-4-5-13-26-14-21(23)24/h4-5,9-10,15-20,22H,1-3,6-8,11-14H2,(H,23,24)/t16-,17+,18?,19-,20+/m0/s1. The second-order valence-corrected chi connectivity index (χ2v) is 8.95. The Kier molecular flexibility index (Phi) is 7.64. The molecule has 5 atom stereocenters. The molecule has 4 nitrogen and oxygen atoms in total. The van der Waals surface area contributed by atoms with Gasteiger partial charge in [-0.15, -0.1) is 11.8 Å². The number of aliphatic carboxylic acids is 1. The molecule has 1 unspecified atom stereocenters. The molecule has 2 saturated heterocycles. The number of hydrogen-bond acceptors (Lipinski definition) is 4. The van der Waals surface area contributed by atoms with Crippen molar-refractivity contribution in [1.29, 1.82) is 0 Å². The van der Waals surface area contributed by atoms with Crippen LogP contribution in [-0.4, -0.2) is 46.0 Å². The van der Waals surface area contributed by atoms with E-state index in [1.54, 1.807) is 0 Å². The Hall–Kier alpha value is -0.780. The van der Waals surface area contributed by atoms with E-state index in [-0.39, 0.29) is 11.9 Å². The Balaban J connectivity index is 1.49. The minimum Gasteiger partial charge on any atom is -0.481 e. The fraction of sp³-hybridized carbons (Fsp3) is 0.762. The molecule has 1 saturated carbocycles. The molecule has 0 aromatic carbocycles. The normalized spacial score (nSPS) is 33.4. The first-order valence-electron chi connectivity index (χ1n) is 10.1. The van der Waals surface area contributed by atoms with Gasteiger partial charge >= 0.3 is 5.97 Å². The quantitative estimate of drug-likeness (QED) is 0.467. The Labute approximate surface area is 161 Å². The van der Waals surface area contributed by atoms with E-state index in [0.29, 0.717) is 30.0 Å². The SMILES string of the molecule is O=C(O)CSCC=CC[C@H]1[C@@H](C=CC(O)C2CCCCC2)[C@H]2CC[C@@H]1O2. The topological polar surface area (TPSA) is 66.8 Å². The van der Waals surface area contributed by atoms with Gasteiger partial charge in [0.05, 0.1) is 24.1 Å². The number of hydrogen-bond donors (Lipinski definition) is 2. The monoisotopic (exact) mass is 380 g/mol. The number of thioether (sulfide) groups is 1. The lowest BCUT2D eigenvalue weighted by molar-refractivity contribution is -0.133. The lowest BCUT2D eigenvalue weighted by Crippen LogP contribution is -2.26. The molecule has 3 rings (SSSR count). The summed E-state index contributed by atoms with van der Waals surface area (Å²) < 4.78 is 6.14. The second-order valence-electron chi connectivity index (χ2n) is 7.92. The predicted molar refractivity (Wildman–Crippen MR) is 105 cm³/mol. The highest BCUT2D eigenvalue weighted by Gasteiger charge is 2.46. The zero-order valence-corrected chi connectivity index (χ0v) is 16.3. The predicted octanol–water partition coefficient (Wildman–Crippen LogP) is 4.04. The van der Waals surface area contributed by atoms with Crippen LogP contribution in [-0.2, 0) is 9.53 Å². The first-order chi connectivity index (χ1) is 12.6. The zero-order valence-electron chi connectivity index (χ0n) is 15.5. The van der Waals surface area contributed by atoms with Gasteiger partial charge in [0.25, 0.3) is 0 Å². The smallest absolute Gasteiger partial charge is 0.313 e. The average Bonchev–Trinajstić information content (AvgIpc) is 3.24. The number of allylic oxidation sites excluding steroid dienone is 1. The van der Waals surface area contributed by atoms with Crippen LogP contribution in [0.25, 0.3) is 0 Å². The van der Waals surface area contributed by atoms with Crippen LogP contribution >= 0.6 is 11.8 Å². The van der Waals surface area contributed by atoms with Crippen LogP contribution in [0.4, 0.5) is 0 Å². The third kappa shape index (κ3) is 5.37. The van der Waals surface area contributed by atoms with Crippen LogP contribution in [0.15, 0.2) is 24.3 Å². The minimum atomic E-state index is -0.758. The summed E-state index contributed by atoms with van der Waals surface area (Å²) in [5, 5.41) is 19.2. The van der Waals surface area contributed by atoms with Crippen molar-refractivity contribution in [2.75, 3.05) is 11.5 Å². The van der Waals surface area contributed by atoms with Gasteiger partial charge in [0.2, 0.25) is 0 Å². The number of carboxylic acids is 1. The summed E-state index contributed by atoms with van der Waals surface area (Å²) >= 11 is 1.43. The van der Waals surface area contributed by atoms with Gasteiger partial charge in [-0.2, -0.15) is 0 Å². The Morgan fingerprint density at radius 2 is 1.88 bits per heavy atom. The minimum absolute atomic E-state index is 0.159. The summed E-state index contributed by atoms with van der Waals surface area (Å²) in [7, 11) is 0. The van der Waals surface area contributed by atoms with E-state index in [9.17, 15) is 9.90 Å². The van der Waals surface area contributed by atoms with Crippen LogP contribution in [0.3, 0.4) is 0 Å². The summed E-state index contributed by atoms with van der Waals surface area (Å²) in [4.78, 5) is 10.5. The van der Waals surface area contributed by atoms with Gasteiger partial charge < -0.3 is 14.9 Å². The van der Waals surface area contributed by atoms with Crippen LogP contribution in [0.2, 0.25) is 0 Å². The molecule has 146 valence electrons. The molecule has 26 heavy (non-hydrogen) atoms. The maximum atomic E-state index is 10.5. The van der Waals surface area contributed by atoms with E-state index in [2.05, 4.69) is 18.2 Å². The van der Waals surface area contributed by atoms with Crippen LogP contribution in [0.1, 0.15) is 51.4 Å². The number of ether oxygens (including phenoxy) is 1. The lowest BCUT2D eigenvalue weighted by atomic mass is 9.76. The molecular weight excluding hydrogens is 348 g/mol. The third-order valence-electron chi connectivity index (χ3n) is 6.16. The molecule has 5 heteroatoms.